The molecule has 0 aliphatic carbocycles. The molecular formula is C16H23NO4. The zero-order valence-corrected chi connectivity index (χ0v) is 12.7. The van der Waals surface area contributed by atoms with Crippen molar-refractivity contribution in [3.63, 3.8) is 0 Å². The molecule has 5 heteroatoms. The summed E-state index contributed by atoms with van der Waals surface area (Å²) in [6, 6.07) is 8.85. The van der Waals surface area contributed by atoms with Crippen LogP contribution in [0.4, 0.5) is 0 Å². The number of aliphatic carboxylic acids is 1. The molecular weight excluding hydrogens is 270 g/mol. The quantitative estimate of drug-likeness (QED) is 0.642. The number of carbonyl (C=O) groups excluding carboxylic acids is 1. The number of benzene rings is 1. The fraction of sp³-hybridized carbons (Fsp3) is 0.375. The lowest BCUT2D eigenvalue weighted by Gasteiger charge is -2.10. The summed E-state index contributed by atoms with van der Waals surface area (Å²) in [5.74, 6) is -0.809. The van der Waals surface area contributed by atoms with Crippen molar-refractivity contribution >= 4 is 18.0 Å². The minimum absolute atomic E-state index is 0.325. The van der Waals surface area contributed by atoms with Crippen LogP contribution >= 0.6 is 0 Å². The van der Waals surface area contributed by atoms with Gasteiger partial charge in [0.25, 0.3) is 0 Å². The Morgan fingerprint density at radius 2 is 1.86 bits per heavy atom. The van der Waals surface area contributed by atoms with Gasteiger partial charge in [-0.15, -0.1) is 0 Å². The predicted octanol–water partition coefficient (Wildman–Crippen LogP) is 2.32. The highest BCUT2D eigenvalue weighted by atomic mass is 16.5. The van der Waals surface area contributed by atoms with Gasteiger partial charge in [0.15, 0.2) is 0 Å². The molecule has 0 heterocycles. The average molecular weight is 293 g/mol. The highest BCUT2D eigenvalue weighted by Gasteiger charge is 2.14. The lowest BCUT2D eigenvalue weighted by Crippen LogP contribution is -2.32. The molecule has 0 amide bonds. The number of methoxy groups -OCH3 is 1. The third-order valence-corrected chi connectivity index (χ3v) is 2.45. The van der Waals surface area contributed by atoms with E-state index in [1.807, 2.05) is 44.2 Å². The topological polar surface area (TPSA) is 89.6 Å². The average Bonchev–Trinajstić information content (AvgIpc) is 2.45. The minimum Gasteiger partial charge on any atom is -0.478 e. The van der Waals surface area contributed by atoms with E-state index in [0.29, 0.717) is 12.3 Å². The molecule has 5 nitrogen and oxygen atoms in total. The zero-order chi connectivity index (χ0) is 16.3. The number of ether oxygens (including phenoxy) is 1. The number of carbonyl (C=O) groups is 2. The first-order chi connectivity index (χ1) is 9.86. The maximum atomic E-state index is 10.7. The second-order valence-corrected chi connectivity index (χ2v) is 4.84. The van der Waals surface area contributed by atoms with Crippen LogP contribution in [0.1, 0.15) is 25.8 Å². The Kier molecular flexibility index (Phi) is 9.54. The van der Waals surface area contributed by atoms with Gasteiger partial charge in [0.2, 0.25) is 0 Å². The number of carboxylic acids is 1. The SMILES string of the molecule is COC(=O)[C@@H](N)CC(C)C.O=C(O)/C=C/c1ccccc1. The molecule has 1 atom stereocenters. The van der Waals surface area contributed by atoms with Crippen molar-refractivity contribution in [3.8, 4) is 0 Å². The molecule has 116 valence electrons. The van der Waals surface area contributed by atoms with Crippen LogP contribution < -0.4 is 5.73 Å². The molecule has 1 aromatic rings. The Hall–Kier alpha value is -2.14. The Labute approximate surface area is 125 Å². The van der Waals surface area contributed by atoms with Crippen LogP contribution in [0.3, 0.4) is 0 Å². The highest BCUT2D eigenvalue weighted by Crippen LogP contribution is 2.03. The molecule has 0 radical (unpaired) electrons. The number of hydrogen-bond donors (Lipinski definition) is 2. The van der Waals surface area contributed by atoms with E-state index in [-0.39, 0.29) is 5.97 Å². The van der Waals surface area contributed by atoms with Crippen LogP contribution in [-0.2, 0) is 14.3 Å². The van der Waals surface area contributed by atoms with Crippen LogP contribution in [0.25, 0.3) is 6.08 Å². The van der Waals surface area contributed by atoms with Crippen molar-refractivity contribution in [2.75, 3.05) is 7.11 Å². The number of rotatable bonds is 5. The molecule has 1 rings (SSSR count). The first-order valence-electron chi connectivity index (χ1n) is 6.66. The molecule has 0 aliphatic heterocycles. The number of carboxylic acid groups (broad SMARTS) is 1. The predicted molar refractivity (Wildman–Crippen MR) is 82.6 cm³/mol. The Balaban J connectivity index is 0.000000384. The summed E-state index contributed by atoms with van der Waals surface area (Å²) in [6.07, 6.45) is 3.37. The van der Waals surface area contributed by atoms with Crippen LogP contribution in [0.15, 0.2) is 36.4 Å². The maximum Gasteiger partial charge on any atom is 0.328 e. The third kappa shape index (κ3) is 10.3. The molecule has 0 aromatic heterocycles. The molecule has 1 aromatic carbocycles. The summed E-state index contributed by atoms with van der Waals surface area (Å²) in [7, 11) is 1.35. The smallest absolute Gasteiger partial charge is 0.328 e. The van der Waals surface area contributed by atoms with Gasteiger partial charge < -0.3 is 15.6 Å². The van der Waals surface area contributed by atoms with Crippen LogP contribution in [0, 0.1) is 5.92 Å². The van der Waals surface area contributed by atoms with Gasteiger partial charge in [-0.1, -0.05) is 44.2 Å². The second kappa shape index (κ2) is 10.6. The van der Waals surface area contributed by atoms with E-state index in [4.69, 9.17) is 10.8 Å². The van der Waals surface area contributed by atoms with E-state index < -0.39 is 12.0 Å². The van der Waals surface area contributed by atoms with Gasteiger partial charge in [-0.25, -0.2) is 4.79 Å². The van der Waals surface area contributed by atoms with E-state index >= 15 is 0 Å². The van der Waals surface area contributed by atoms with Gasteiger partial charge in [0.05, 0.1) is 7.11 Å². The van der Waals surface area contributed by atoms with Crippen LogP contribution in [0.2, 0.25) is 0 Å². The Bertz CT molecular complexity index is 455. The maximum absolute atomic E-state index is 10.7. The number of hydrogen-bond acceptors (Lipinski definition) is 4. The summed E-state index contributed by atoms with van der Waals surface area (Å²) < 4.78 is 4.45. The second-order valence-electron chi connectivity index (χ2n) is 4.84. The monoisotopic (exact) mass is 293 g/mol. The van der Waals surface area contributed by atoms with Crippen LogP contribution in [0.5, 0.6) is 0 Å². The summed E-state index contributed by atoms with van der Waals surface area (Å²) in [4.78, 5) is 20.8. The molecule has 0 spiro atoms. The largest absolute Gasteiger partial charge is 0.478 e. The minimum atomic E-state index is -0.922. The van der Waals surface area contributed by atoms with Gasteiger partial charge in [0, 0.05) is 6.08 Å². The van der Waals surface area contributed by atoms with Crippen molar-refractivity contribution in [1.82, 2.24) is 0 Å². The van der Waals surface area contributed by atoms with Crippen LogP contribution in [-0.4, -0.2) is 30.2 Å². The molecule has 0 aliphatic rings. The van der Waals surface area contributed by atoms with Gasteiger partial charge in [-0.05, 0) is 24.0 Å². The van der Waals surface area contributed by atoms with Crippen molar-refractivity contribution in [1.29, 1.82) is 0 Å². The summed E-state index contributed by atoms with van der Waals surface area (Å²) in [5, 5.41) is 8.29. The highest BCUT2D eigenvalue weighted by molar-refractivity contribution is 5.85. The Morgan fingerprint density at radius 1 is 1.29 bits per heavy atom. The van der Waals surface area contributed by atoms with Gasteiger partial charge in [0.1, 0.15) is 6.04 Å². The fourth-order valence-electron chi connectivity index (χ4n) is 1.49. The summed E-state index contributed by atoms with van der Waals surface area (Å²) >= 11 is 0. The molecule has 3 N–H and O–H groups in total. The Morgan fingerprint density at radius 3 is 2.29 bits per heavy atom. The molecule has 0 unspecified atom stereocenters. The van der Waals surface area contributed by atoms with Crippen molar-refractivity contribution in [2.45, 2.75) is 26.3 Å². The molecule has 0 fully saturated rings. The molecule has 0 saturated carbocycles. The van der Waals surface area contributed by atoms with Gasteiger partial charge in [-0.3, -0.25) is 4.79 Å². The van der Waals surface area contributed by atoms with E-state index in [1.165, 1.54) is 7.11 Å². The van der Waals surface area contributed by atoms with Crippen molar-refractivity contribution < 1.29 is 19.4 Å². The van der Waals surface area contributed by atoms with E-state index in [2.05, 4.69) is 4.74 Å². The standard InChI is InChI=1S/C9H8O2.C7H15NO2/c10-9(11)7-6-8-4-2-1-3-5-8;1-5(2)4-6(8)7(9)10-3/h1-7H,(H,10,11);5-6H,4,8H2,1-3H3/b7-6+;/t;6-/m.0/s1. The van der Waals surface area contributed by atoms with Crippen molar-refractivity contribution in [2.24, 2.45) is 11.7 Å². The lowest BCUT2D eigenvalue weighted by atomic mass is 10.1. The lowest BCUT2D eigenvalue weighted by molar-refractivity contribution is -0.142. The zero-order valence-electron chi connectivity index (χ0n) is 12.7. The van der Waals surface area contributed by atoms with E-state index in [0.717, 1.165) is 11.6 Å². The normalized spacial score (nSPS) is 11.7. The fourth-order valence-corrected chi connectivity index (χ4v) is 1.49. The summed E-state index contributed by atoms with van der Waals surface area (Å²) in [5.41, 5.74) is 6.35. The first-order valence-corrected chi connectivity index (χ1v) is 6.66. The summed E-state index contributed by atoms with van der Waals surface area (Å²) in [6.45, 7) is 4.03. The number of esters is 1. The van der Waals surface area contributed by atoms with Gasteiger partial charge >= 0.3 is 11.9 Å². The first kappa shape index (κ1) is 18.9. The van der Waals surface area contributed by atoms with E-state index in [9.17, 15) is 9.59 Å². The number of nitrogens with two attached hydrogens (primary N) is 1. The third-order valence-electron chi connectivity index (χ3n) is 2.45. The molecule has 0 saturated heterocycles. The van der Waals surface area contributed by atoms with E-state index in [1.54, 1.807) is 6.08 Å². The molecule has 0 bridgehead atoms. The molecule has 21 heavy (non-hydrogen) atoms. The van der Waals surface area contributed by atoms with Gasteiger partial charge in [-0.2, -0.15) is 0 Å². The van der Waals surface area contributed by atoms with Crippen molar-refractivity contribution in [3.05, 3.63) is 42.0 Å².